The van der Waals surface area contributed by atoms with Crippen molar-refractivity contribution in [2.75, 3.05) is 7.11 Å². The van der Waals surface area contributed by atoms with E-state index in [1.165, 1.54) is 13.2 Å². The number of ether oxygens (including phenoxy) is 1. The largest absolute Gasteiger partial charge is 0.494 e. The van der Waals surface area contributed by atoms with Crippen LogP contribution in [0.25, 0.3) is 34.4 Å². The van der Waals surface area contributed by atoms with Crippen molar-refractivity contribution in [1.82, 2.24) is 0 Å². The van der Waals surface area contributed by atoms with Gasteiger partial charge < -0.3 is 4.74 Å². The second kappa shape index (κ2) is 9.78. The molecule has 0 heterocycles. The Kier molecular flexibility index (Phi) is 6.64. The third-order valence-electron chi connectivity index (χ3n) is 5.62. The average molecular weight is 444 g/mol. The molecule has 0 spiro atoms. The van der Waals surface area contributed by atoms with Gasteiger partial charge in [-0.15, -0.1) is 0 Å². The Morgan fingerprint density at radius 3 is 1.70 bits per heavy atom. The Hall–Kier alpha value is -3.79. The molecule has 1 nitrogen and oxygen atoms in total. The Bertz CT molecular complexity index is 1290. The van der Waals surface area contributed by atoms with Crippen LogP contribution in [0.5, 0.6) is 5.75 Å². The molecule has 166 valence electrons. The van der Waals surface area contributed by atoms with Crippen molar-refractivity contribution in [3.05, 3.63) is 113 Å². The van der Waals surface area contributed by atoms with E-state index >= 15 is 0 Å². The summed E-state index contributed by atoms with van der Waals surface area (Å²) in [6, 6.07) is 22.5. The van der Waals surface area contributed by atoms with Gasteiger partial charge in [-0.1, -0.05) is 85.8 Å². The maximum atomic E-state index is 14.9. The van der Waals surface area contributed by atoms with Crippen molar-refractivity contribution in [2.24, 2.45) is 0 Å². The number of hydrogen-bond acceptors (Lipinski definition) is 1. The van der Waals surface area contributed by atoms with E-state index < -0.39 is 17.5 Å². The van der Waals surface area contributed by atoms with E-state index in [9.17, 15) is 13.2 Å². The fourth-order valence-corrected chi connectivity index (χ4v) is 3.67. The van der Waals surface area contributed by atoms with Crippen LogP contribution in [0.1, 0.15) is 23.6 Å². The molecule has 0 aliphatic carbocycles. The van der Waals surface area contributed by atoms with Gasteiger partial charge in [-0.3, -0.25) is 0 Å². The fraction of sp³-hybridized carbons (Fsp3) is 0.103. The summed E-state index contributed by atoms with van der Waals surface area (Å²) in [6.45, 7) is 2.05. The summed E-state index contributed by atoms with van der Waals surface area (Å²) in [5.74, 6) is -1.97. The lowest BCUT2D eigenvalue weighted by Crippen LogP contribution is -1.94. The van der Waals surface area contributed by atoms with Gasteiger partial charge >= 0.3 is 0 Å². The summed E-state index contributed by atoms with van der Waals surface area (Å²) >= 11 is 0. The molecule has 4 aromatic rings. The minimum Gasteiger partial charge on any atom is -0.494 e. The normalized spacial score (nSPS) is 11.2. The van der Waals surface area contributed by atoms with Gasteiger partial charge in [-0.2, -0.15) is 0 Å². The molecule has 0 atom stereocenters. The van der Waals surface area contributed by atoms with Crippen LogP contribution in [0.2, 0.25) is 0 Å². The molecule has 0 radical (unpaired) electrons. The summed E-state index contributed by atoms with van der Waals surface area (Å²) in [5, 5.41) is 0. The minimum absolute atomic E-state index is 0.190. The number of aryl methyl sites for hydroxylation is 1. The molecule has 0 aromatic heterocycles. The first-order valence-electron chi connectivity index (χ1n) is 10.7. The highest BCUT2D eigenvalue weighted by molar-refractivity contribution is 5.74. The van der Waals surface area contributed by atoms with Crippen LogP contribution in [0.4, 0.5) is 13.2 Å². The molecule has 0 amide bonds. The maximum absolute atomic E-state index is 14.9. The zero-order valence-electron chi connectivity index (χ0n) is 18.4. The van der Waals surface area contributed by atoms with E-state index in [-0.39, 0.29) is 16.9 Å². The zero-order valence-corrected chi connectivity index (χ0v) is 18.4. The molecule has 4 heteroatoms. The number of halogens is 3. The Morgan fingerprint density at radius 1 is 0.667 bits per heavy atom. The summed E-state index contributed by atoms with van der Waals surface area (Å²) < 4.78 is 48.5. The molecule has 0 N–H and O–H groups in total. The molecule has 0 bridgehead atoms. The summed E-state index contributed by atoms with van der Waals surface area (Å²) in [5.41, 5.74) is 4.34. The van der Waals surface area contributed by atoms with Gasteiger partial charge in [0.2, 0.25) is 0 Å². The van der Waals surface area contributed by atoms with E-state index in [0.29, 0.717) is 16.7 Å². The lowest BCUT2D eigenvalue weighted by atomic mass is 9.97. The van der Waals surface area contributed by atoms with Crippen LogP contribution >= 0.6 is 0 Å². The van der Waals surface area contributed by atoms with Crippen molar-refractivity contribution in [2.45, 2.75) is 13.3 Å². The van der Waals surface area contributed by atoms with Crippen LogP contribution in [-0.4, -0.2) is 7.11 Å². The molecule has 0 saturated heterocycles. The summed E-state index contributed by atoms with van der Waals surface area (Å²) in [6.07, 6.45) is 4.49. The second-order valence-corrected chi connectivity index (χ2v) is 7.69. The molecule has 33 heavy (non-hydrogen) atoms. The van der Waals surface area contributed by atoms with Crippen LogP contribution in [0.3, 0.4) is 0 Å². The van der Waals surface area contributed by atoms with Crippen LogP contribution < -0.4 is 4.74 Å². The first kappa shape index (κ1) is 22.4. The molecule has 4 aromatic carbocycles. The topological polar surface area (TPSA) is 9.23 Å². The van der Waals surface area contributed by atoms with Gasteiger partial charge in [0, 0.05) is 11.1 Å². The number of hydrogen-bond donors (Lipinski definition) is 0. The van der Waals surface area contributed by atoms with Gasteiger partial charge in [-0.25, -0.2) is 13.2 Å². The molecule has 0 saturated carbocycles. The van der Waals surface area contributed by atoms with Crippen molar-refractivity contribution >= 4 is 12.2 Å². The third kappa shape index (κ3) is 4.85. The predicted octanol–water partition coefficient (Wildman–Crippen LogP) is 8.18. The highest BCUT2D eigenvalue weighted by Crippen LogP contribution is 2.32. The highest BCUT2D eigenvalue weighted by atomic mass is 19.2. The zero-order chi connectivity index (χ0) is 23.4. The maximum Gasteiger partial charge on any atom is 0.167 e. The quantitative estimate of drug-likeness (QED) is 0.273. The Morgan fingerprint density at radius 2 is 1.18 bits per heavy atom. The van der Waals surface area contributed by atoms with Crippen molar-refractivity contribution in [3.8, 4) is 28.0 Å². The van der Waals surface area contributed by atoms with Crippen LogP contribution in [0.15, 0.2) is 78.9 Å². The average Bonchev–Trinajstić information content (AvgIpc) is 2.85. The third-order valence-corrected chi connectivity index (χ3v) is 5.62. The van der Waals surface area contributed by atoms with Crippen molar-refractivity contribution in [1.29, 1.82) is 0 Å². The Balaban J connectivity index is 1.56. The first-order valence-corrected chi connectivity index (χ1v) is 10.7. The van der Waals surface area contributed by atoms with Gasteiger partial charge in [0.15, 0.2) is 23.2 Å². The molecular formula is C29H23F3O. The van der Waals surface area contributed by atoms with Crippen molar-refractivity contribution in [3.63, 3.8) is 0 Å². The summed E-state index contributed by atoms with van der Waals surface area (Å²) in [7, 11) is 1.42. The van der Waals surface area contributed by atoms with Gasteiger partial charge in [0.1, 0.15) is 0 Å². The Labute approximate surface area is 191 Å². The number of methoxy groups -OCH3 is 1. The second-order valence-electron chi connectivity index (χ2n) is 7.69. The molecule has 0 aliphatic heterocycles. The fourth-order valence-electron chi connectivity index (χ4n) is 3.67. The molecule has 4 rings (SSSR count). The van der Waals surface area contributed by atoms with E-state index in [0.717, 1.165) is 17.5 Å². The van der Waals surface area contributed by atoms with Gasteiger partial charge in [-0.05, 0) is 46.4 Å². The SMILES string of the molecule is CCc1ccc(-c2ccc(-c3ccc(/C=C/c4ccc(OC)c(F)c4)cc3)c(F)c2F)cc1. The van der Waals surface area contributed by atoms with Crippen LogP contribution in [-0.2, 0) is 6.42 Å². The van der Waals surface area contributed by atoms with Crippen LogP contribution in [0, 0.1) is 17.5 Å². The number of benzene rings is 4. The lowest BCUT2D eigenvalue weighted by Gasteiger charge is -2.10. The van der Waals surface area contributed by atoms with E-state index in [1.54, 1.807) is 54.6 Å². The van der Waals surface area contributed by atoms with E-state index in [4.69, 9.17) is 4.74 Å². The smallest absolute Gasteiger partial charge is 0.167 e. The molecule has 0 aliphatic rings. The van der Waals surface area contributed by atoms with Gasteiger partial charge in [0.25, 0.3) is 0 Å². The standard InChI is InChI=1S/C29H23F3O/c1-3-19-6-11-22(12-7-19)24-15-16-25(29(32)28(24)31)23-13-8-20(9-14-23)4-5-21-10-17-27(33-2)26(30)18-21/h4-18H,3H2,1-2H3/b5-4+. The van der Waals surface area contributed by atoms with Crippen molar-refractivity contribution < 1.29 is 17.9 Å². The number of rotatable bonds is 6. The minimum atomic E-state index is -0.871. The highest BCUT2D eigenvalue weighted by Gasteiger charge is 2.16. The predicted molar refractivity (Wildman–Crippen MR) is 128 cm³/mol. The molecular weight excluding hydrogens is 421 g/mol. The monoisotopic (exact) mass is 444 g/mol. The van der Waals surface area contributed by atoms with Gasteiger partial charge in [0.05, 0.1) is 7.11 Å². The molecule has 0 unspecified atom stereocenters. The first-order chi connectivity index (χ1) is 16.0. The van der Waals surface area contributed by atoms with E-state index in [1.807, 2.05) is 37.3 Å². The lowest BCUT2D eigenvalue weighted by molar-refractivity contribution is 0.386. The van der Waals surface area contributed by atoms with E-state index in [2.05, 4.69) is 0 Å². The molecule has 0 fully saturated rings. The summed E-state index contributed by atoms with van der Waals surface area (Å²) in [4.78, 5) is 0.